The van der Waals surface area contributed by atoms with Crippen molar-refractivity contribution in [2.75, 3.05) is 31.1 Å². The van der Waals surface area contributed by atoms with Crippen LogP contribution in [0.3, 0.4) is 0 Å². The maximum Gasteiger partial charge on any atom is 0.250 e. The second-order valence-corrected chi connectivity index (χ2v) is 9.63. The lowest BCUT2D eigenvalue weighted by atomic mass is 9.97. The maximum absolute atomic E-state index is 13.3. The summed E-state index contributed by atoms with van der Waals surface area (Å²) in [4.78, 5) is 43.2. The third-order valence-corrected chi connectivity index (χ3v) is 7.48. The van der Waals surface area contributed by atoms with Gasteiger partial charge in [-0.1, -0.05) is 23.8 Å². The van der Waals surface area contributed by atoms with Gasteiger partial charge in [0.2, 0.25) is 11.8 Å². The van der Waals surface area contributed by atoms with E-state index < -0.39 is 5.25 Å². The lowest BCUT2D eigenvalue weighted by molar-refractivity contribution is -0.135. The molecule has 2 aliphatic heterocycles. The number of rotatable bonds is 6. The van der Waals surface area contributed by atoms with Gasteiger partial charge in [0.05, 0.1) is 5.69 Å². The Balaban J connectivity index is 1.42. The zero-order valence-electron chi connectivity index (χ0n) is 18.0. The molecule has 1 saturated heterocycles. The standard InChI is InChI=1S/C24H31N3O3S/c28-21(25-14-13-18-9-3-1-4-10-18)17-27-19-11-5-6-12-20(19)31-22(24(27)30)23(29)26-15-7-2-8-16-26/h5-6,9,11-12,22H,1-4,7-8,10,13-17H2,(H,25,28)/t22-/m0/s1. The number of piperidine rings is 1. The quantitative estimate of drug-likeness (QED) is 0.542. The number of fused-ring (bicyclic) bond motifs is 1. The Morgan fingerprint density at radius 1 is 1.06 bits per heavy atom. The van der Waals surface area contributed by atoms with Crippen LogP contribution in [0.15, 0.2) is 40.8 Å². The molecular weight excluding hydrogens is 410 g/mol. The first-order chi connectivity index (χ1) is 15.1. The van der Waals surface area contributed by atoms with Crippen molar-refractivity contribution in [2.24, 2.45) is 0 Å². The SMILES string of the molecule is O=C(CN1C(=O)[C@H](C(=O)N2CCCCC2)Sc2ccccc21)NCCC1=CCCCC1. The first kappa shape index (κ1) is 21.9. The van der Waals surface area contributed by atoms with Crippen LogP contribution in [-0.2, 0) is 14.4 Å². The Kier molecular flexibility index (Phi) is 7.33. The van der Waals surface area contributed by atoms with E-state index >= 15 is 0 Å². The molecule has 2 heterocycles. The number of carbonyl (C=O) groups is 3. The summed E-state index contributed by atoms with van der Waals surface area (Å²) in [6.07, 6.45) is 11.0. The zero-order valence-corrected chi connectivity index (χ0v) is 18.8. The van der Waals surface area contributed by atoms with Gasteiger partial charge in [0, 0.05) is 24.5 Å². The van der Waals surface area contributed by atoms with E-state index in [-0.39, 0.29) is 24.3 Å². The van der Waals surface area contributed by atoms with Crippen LogP contribution in [-0.4, -0.2) is 54.1 Å². The minimum absolute atomic E-state index is 0.0563. The summed E-state index contributed by atoms with van der Waals surface area (Å²) < 4.78 is 0. The van der Waals surface area contributed by atoms with E-state index in [0.29, 0.717) is 25.3 Å². The molecule has 6 nitrogen and oxygen atoms in total. The zero-order chi connectivity index (χ0) is 21.6. The van der Waals surface area contributed by atoms with Crippen molar-refractivity contribution in [3.05, 3.63) is 35.9 Å². The minimum atomic E-state index is -0.812. The van der Waals surface area contributed by atoms with Crippen LogP contribution in [0.5, 0.6) is 0 Å². The number of nitrogens with zero attached hydrogens (tertiary/aromatic N) is 2. The van der Waals surface area contributed by atoms with Gasteiger partial charge in [-0.3, -0.25) is 14.4 Å². The highest BCUT2D eigenvalue weighted by Gasteiger charge is 2.40. The Hall–Kier alpha value is -2.28. The van der Waals surface area contributed by atoms with Gasteiger partial charge in [0.1, 0.15) is 6.54 Å². The molecular formula is C24H31N3O3S. The normalized spacial score (nSPS) is 21.4. The van der Waals surface area contributed by atoms with Gasteiger partial charge in [0.25, 0.3) is 5.91 Å². The van der Waals surface area contributed by atoms with Crippen molar-refractivity contribution in [3.63, 3.8) is 0 Å². The van der Waals surface area contributed by atoms with Crippen LogP contribution in [0.2, 0.25) is 0 Å². The third kappa shape index (κ3) is 5.32. The number of benzene rings is 1. The van der Waals surface area contributed by atoms with E-state index in [0.717, 1.165) is 43.4 Å². The molecule has 31 heavy (non-hydrogen) atoms. The van der Waals surface area contributed by atoms with Gasteiger partial charge in [-0.05, 0) is 63.5 Å². The smallest absolute Gasteiger partial charge is 0.250 e. The Morgan fingerprint density at radius 2 is 1.87 bits per heavy atom. The van der Waals surface area contributed by atoms with Gasteiger partial charge >= 0.3 is 0 Å². The number of nitrogens with one attached hydrogen (secondary N) is 1. The predicted molar refractivity (Wildman–Crippen MR) is 123 cm³/mol. The molecule has 0 bridgehead atoms. The van der Waals surface area contributed by atoms with E-state index in [4.69, 9.17) is 0 Å². The number of likely N-dealkylation sites (tertiary alicyclic amines) is 1. The van der Waals surface area contributed by atoms with E-state index in [1.54, 1.807) is 0 Å². The van der Waals surface area contributed by atoms with Gasteiger partial charge in [-0.15, -0.1) is 11.8 Å². The molecule has 166 valence electrons. The van der Waals surface area contributed by atoms with E-state index in [2.05, 4.69) is 11.4 Å². The molecule has 1 aromatic rings. The van der Waals surface area contributed by atoms with Crippen molar-refractivity contribution in [1.82, 2.24) is 10.2 Å². The van der Waals surface area contributed by atoms with E-state index in [1.165, 1.54) is 35.1 Å². The second-order valence-electron chi connectivity index (χ2n) is 8.48. The van der Waals surface area contributed by atoms with Crippen LogP contribution in [0.25, 0.3) is 0 Å². The first-order valence-corrected chi connectivity index (χ1v) is 12.3. The lowest BCUT2D eigenvalue weighted by Crippen LogP contribution is -2.52. The van der Waals surface area contributed by atoms with Crippen LogP contribution < -0.4 is 10.2 Å². The Bertz CT molecular complexity index is 863. The van der Waals surface area contributed by atoms with Gasteiger partial charge in [-0.25, -0.2) is 0 Å². The van der Waals surface area contributed by atoms with Crippen LogP contribution in [0.1, 0.15) is 51.4 Å². The highest BCUT2D eigenvalue weighted by molar-refractivity contribution is 8.01. The van der Waals surface area contributed by atoms with E-state index in [9.17, 15) is 14.4 Å². The second kappa shape index (κ2) is 10.4. The molecule has 1 atom stereocenters. The fraction of sp³-hybridized carbons (Fsp3) is 0.542. The summed E-state index contributed by atoms with van der Waals surface area (Å²) in [5.74, 6) is -0.598. The van der Waals surface area contributed by atoms with Crippen molar-refractivity contribution in [2.45, 2.75) is 61.5 Å². The minimum Gasteiger partial charge on any atom is -0.354 e. The average Bonchev–Trinajstić information content (AvgIpc) is 2.81. The summed E-state index contributed by atoms with van der Waals surface area (Å²) in [5, 5.41) is 2.15. The summed E-state index contributed by atoms with van der Waals surface area (Å²) >= 11 is 1.31. The number of thioether (sulfide) groups is 1. The third-order valence-electron chi connectivity index (χ3n) is 6.24. The summed E-state index contributed by atoms with van der Waals surface area (Å²) in [6.45, 7) is 1.95. The number of allylic oxidation sites excluding steroid dienone is 1. The van der Waals surface area contributed by atoms with Gasteiger partial charge in [0.15, 0.2) is 5.25 Å². The van der Waals surface area contributed by atoms with Crippen molar-refractivity contribution < 1.29 is 14.4 Å². The molecule has 3 aliphatic rings. The van der Waals surface area contributed by atoms with Gasteiger partial charge in [-0.2, -0.15) is 0 Å². The topological polar surface area (TPSA) is 69.7 Å². The first-order valence-electron chi connectivity index (χ1n) is 11.4. The number of hydrogen-bond donors (Lipinski definition) is 1. The number of carbonyl (C=O) groups excluding carboxylic acids is 3. The summed E-state index contributed by atoms with van der Waals surface area (Å²) in [5.41, 5.74) is 2.12. The van der Waals surface area contributed by atoms with Crippen molar-refractivity contribution in [1.29, 1.82) is 0 Å². The molecule has 7 heteroatoms. The Labute approximate surface area is 188 Å². The van der Waals surface area contributed by atoms with Crippen LogP contribution in [0.4, 0.5) is 5.69 Å². The van der Waals surface area contributed by atoms with Crippen LogP contribution in [0, 0.1) is 0 Å². The molecule has 1 aliphatic carbocycles. The van der Waals surface area contributed by atoms with Gasteiger partial charge < -0.3 is 15.1 Å². The number of para-hydroxylation sites is 1. The van der Waals surface area contributed by atoms with Crippen molar-refractivity contribution >= 4 is 35.2 Å². The van der Waals surface area contributed by atoms with E-state index in [1.807, 2.05) is 29.2 Å². The van der Waals surface area contributed by atoms with Crippen LogP contribution >= 0.6 is 11.8 Å². The highest BCUT2D eigenvalue weighted by atomic mass is 32.2. The molecule has 0 spiro atoms. The molecule has 3 amide bonds. The largest absolute Gasteiger partial charge is 0.354 e. The highest BCUT2D eigenvalue weighted by Crippen LogP contribution is 2.39. The molecule has 1 N–H and O–H groups in total. The number of anilines is 1. The fourth-order valence-electron chi connectivity index (χ4n) is 4.51. The van der Waals surface area contributed by atoms with Crippen molar-refractivity contribution in [3.8, 4) is 0 Å². The molecule has 0 radical (unpaired) electrons. The molecule has 1 fully saturated rings. The average molecular weight is 442 g/mol. The maximum atomic E-state index is 13.3. The monoisotopic (exact) mass is 441 g/mol. The lowest BCUT2D eigenvalue weighted by Gasteiger charge is -2.36. The fourth-order valence-corrected chi connectivity index (χ4v) is 5.70. The molecule has 1 aromatic carbocycles. The number of amides is 3. The molecule has 0 saturated carbocycles. The number of hydrogen-bond acceptors (Lipinski definition) is 4. The molecule has 0 aromatic heterocycles. The molecule has 4 rings (SSSR count). The summed E-state index contributed by atoms with van der Waals surface area (Å²) in [7, 11) is 0. The Morgan fingerprint density at radius 3 is 2.65 bits per heavy atom. The summed E-state index contributed by atoms with van der Waals surface area (Å²) in [6, 6.07) is 7.53. The predicted octanol–water partition coefficient (Wildman–Crippen LogP) is 3.51. The molecule has 0 unspecified atom stereocenters.